The Morgan fingerprint density at radius 3 is 1.49 bits per heavy atom. The van der Waals surface area contributed by atoms with Crippen molar-refractivity contribution >= 4 is 39.1 Å². The number of nitriles is 1. The number of hydrogen-bond acceptors (Lipinski definition) is 10. The van der Waals surface area contributed by atoms with Gasteiger partial charge in [-0.15, -0.1) is 0 Å². The fraction of sp³-hybridized carbons (Fsp3) is 0.0370. The van der Waals surface area contributed by atoms with Crippen LogP contribution in [0.3, 0.4) is 0 Å². The standard InChI is InChI=1S/C27H21N5O.C27H19N5/c28-26(33)21-13-20(15-29-16-21)24-14-19-9-6-11-23(18-7-2-1-3-8-18)25(19)27(32-24)31-17-22-10-4-5-12-30-22;28-15-19-13-22(17-29-16-19)25-14-21-9-6-11-24(20-7-2-1-3-8-20)26(21)27(32-25)31-18-23-10-4-5-12-30-23/h1-16H,17H2,(H2,28,33)(H,31,32);1-14,16-17H,18H2,(H,31,32). The van der Waals surface area contributed by atoms with Crippen LogP contribution in [0.15, 0.2) is 195 Å². The molecule has 11 heteroatoms. The first-order valence-corrected chi connectivity index (χ1v) is 20.9. The Kier molecular flexibility index (Phi) is 12.2. The molecule has 4 aromatic carbocycles. The van der Waals surface area contributed by atoms with E-state index in [4.69, 9.17) is 15.7 Å². The second-order valence-corrected chi connectivity index (χ2v) is 15.0. The maximum atomic E-state index is 11.7. The maximum Gasteiger partial charge on any atom is 0.250 e. The second kappa shape index (κ2) is 19.3. The minimum atomic E-state index is -0.523. The number of nitrogens with two attached hydrogens (primary N) is 1. The number of carbonyl (C=O) groups is 1. The molecule has 11 nitrogen and oxygen atoms in total. The number of carbonyl (C=O) groups excluding carboxylic acids is 1. The number of anilines is 2. The average Bonchev–Trinajstić information content (AvgIpc) is 3.38. The summed E-state index contributed by atoms with van der Waals surface area (Å²) in [6, 6.07) is 54.4. The van der Waals surface area contributed by atoms with Crippen LogP contribution >= 0.6 is 0 Å². The van der Waals surface area contributed by atoms with Crippen LogP contribution in [0.5, 0.6) is 0 Å². The Morgan fingerprint density at radius 2 is 1.02 bits per heavy atom. The molecule has 6 heterocycles. The molecule has 0 saturated carbocycles. The van der Waals surface area contributed by atoms with Crippen molar-refractivity contribution in [3.8, 4) is 50.8 Å². The number of fused-ring (bicyclic) bond motifs is 2. The lowest BCUT2D eigenvalue weighted by Crippen LogP contribution is -2.11. The lowest BCUT2D eigenvalue weighted by Gasteiger charge is -2.15. The minimum absolute atomic E-state index is 0.343. The molecule has 0 spiro atoms. The van der Waals surface area contributed by atoms with Crippen molar-refractivity contribution in [3.05, 3.63) is 217 Å². The highest BCUT2D eigenvalue weighted by molar-refractivity contribution is 6.06. The topological polar surface area (TPSA) is 168 Å². The fourth-order valence-electron chi connectivity index (χ4n) is 7.60. The molecular weight excluding hydrogens is 805 g/mol. The smallest absolute Gasteiger partial charge is 0.250 e. The molecule has 0 unspecified atom stereocenters. The summed E-state index contributed by atoms with van der Waals surface area (Å²) in [5, 5.41) is 20.4. The predicted molar refractivity (Wildman–Crippen MR) is 257 cm³/mol. The van der Waals surface area contributed by atoms with E-state index in [1.807, 2.05) is 97.1 Å². The summed E-state index contributed by atoms with van der Waals surface area (Å²) in [4.78, 5) is 38.8. The quantitative estimate of drug-likeness (QED) is 0.114. The average molecular weight is 845 g/mol. The monoisotopic (exact) mass is 844 g/mol. The van der Waals surface area contributed by atoms with Gasteiger partial charge >= 0.3 is 0 Å². The number of pyridine rings is 6. The molecule has 4 N–H and O–H groups in total. The summed E-state index contributed by atoms with van der Waals surface area (Å²) in [7, 11) is 0. The van der Waals surface area contributed by atoms with Crippen molar-refractivity contribution in [2.45, 2.75) is 13.1 Å². The Labute approximate surface area is 375 Å². The molecule has 0 radical (unpaired) electrons. The van der Waals surface area contributed by atoms with Crippen molar-refractivity contribution in [2.75, 3.05) is 10.6 Å². The molecule has 312 valence electrons. The first-order valence-electron chi connectivity index (χ1n) is 20.9. The van der Waals surface area contributed by atoms with Gasteiger partial charge in [-0.1, -0.05) is 109 Å². The van der Waals surface area contributed by atoms with Gasteiger partial charge in [0.1, 0.15) is 17.7 Å². The third-order valence-electron chi connectivity index (χ3n) is 10.7. The highest BCUT2D eigenvalue weighted by Crippen LogP contribution is 2.37. The molecule has 10 aromatic rings. The molecule has 10 rings (SSSR count). The number of aromatic nitrogens is 6. The van der Waals surface area contributed by atoms with E-state index in [1.54, 1.807) is 37.1 Å². The molecule has 0 atom stereocenters. The minimum Gasteiger partial charge on any atom is -0.366 e. The number of benzene rings is 4. The van der Waals surface area contributed by atoms with Crippen LogP contribution in [0.25, 0.3) is 66.3 Å². The number of hydrogen-bond donors (Lipinski definition) is 3. The predicted octanol–water partition coefficient (Wildman–Crippen LogP) is 10.9. The van der Waals surface area contributed by atoms with Gasteiger partial charge in [0.2, 0.25) is 5.91 Å². The van der Waals surface area contributed by atoms with E-state index in [-0.39, 0.29) is 0 Å². The van der Waals surface area contributed by atoms with Crippen LogP contribution in [-0.2, 0) is 13.1 Å². The molecule has 65 heavy (non-hydrogen) atoms. The van der Waals surface area contributed by atoms with Crippen LogP contribution < -0.4 is 16.4 Å². The molecule has 0 aliphatic rings. The normalized spacial score (nSPS) is 10.7. The highest BCUT2D eigenvalue weighted by atomic mass is 16.1. The van der Waals surface area contributed by atoms with E-state index < -0.39 is 5.91 Å². The molecule has 6 aromatic heterocycles. The van der Waals surface area contributed by atoms with Gasteiger partial charge in [-0.3, -0.25) is 24.7 Å². The number of amides is 1. The summed E-state index contributed by atoms with van der Waals surface area (Å²) >= 11 is 0. The Hall–Kier alpha value is -9.14. The van der Waals surface area contributed by atoms with Crippen LogP contribution in [0.4, 0.5) is 11.6 Å². The summed E-state index contributed by atoms with van der Waals surface area (Å²) in [5.41, 5.74) is 15.6. The Bertz CT molecular complexity index is 3310. The molecule has 0 aliphatic carbocycles. The van der Waals surface area contributed by atoms with Crippen LogP contribution in [0, 0.1) is 11.3 Å². The van der Waals surface area contributed by atoms with Crippen molar-refractivity contribution in [3.63, 3.8) is 0 Å². The van der Waals surface area contributed by atoms with E-state index in [1.165, 1.54) is 6.20 Å². The SMILES string of the molecule is N#Cc1cncc(-c2cc3cccc(-c4ccccc4)c3c(NCc3ccccn3)n2)c1.NC(=O)c1cncc(-c2cc3cccc(-c4ccccc4)c3c(NCc3ccccn3)n2)c1. The van der Waals surface area contributed by atoms with Crippen molar-refractivity contribution in [1.29, 1.82) is 5.26 Å². The molecular formula is C54H40N10O. The number of rotatable bonds is 11. The van der Waals surface area contributed by atoms with E-state index in [0.717, 1.165) is 83.6 Å². The molecule has 0 fully saturated rings. The summed E-state index contributed by atoms with van der Waals surface area (Å²) in [5.74, 6) is 0.979. The first kappa shape index (κ1) is 41.2. The molecule has 0 aliphatic heterocycles. The highest BCUT2D eigenvalue weighted by Gasteiger charge is 2.16. The van der Waals surface area contributed by atoms with Gasteiger partial charge < -0.3 is 16.4 Å². The van der Waals surface area contributed by atoms with E-state index >= 15 is 0 Å². The van der Waals surface area contributed by atoms with Gasteiger partial charge in [0, 0.05) is 59.1 Å². The van der Waals surface area contributed by atoms with Gasteiger partial charge in [-0.25, -0.2) is 9.97 Å². The van der Waals surface area contributed by atoms with E-state index in [9.17, 15) is 10.1 Å². The molecule has 0 bridgehead atoms. The summed E-state index contributed by atoms with van der Waals surface area (Å²) < 4.78 is 0. The number of nitrogens with one attached hydrogen (secondary N) is 2. The first-order chi connectivity index (χ1) is 32.0. The third-order valence-corrected chi connectivity index (χ3v) is 10.7. The van der Waals surface area contributed by atoms with E-state index in [0.29, 0.717) is 29.9 Å². The fourth-order valence-corrected chi connectivity index (χ4v) is 7.60. The lowest BCUT2D eigenvalue weighted by molar-refractivity contribution is 0.1000. The third kappa shape index (κ3) is 9.52. The van der Waals surface area contributed by atoms with Gasteiger partial charge in [0.15, 0.2) is 0 Å². The largest absolute Gasteiger partial charge is 0.366 e. The molecule has 0 saturated heterocycles. The van der Waals surface area contributed by atoms with Crippen LogP contribution in [0.2, 0.25) is 0 Å². The second-order valence-electron chi connectivity index (χ2n) is 15.0. The number of primary amides is 1. The Morgan fingerprint density at radius 1 is 0.523 bits per heavy atom. The van der Waals surface area contributed by atoms with Gasteiger partial charge in [-0.05, 0) is 81.6 Å². The van der Waals surface area contributed by atoms with Crippen molar-refractivity contribution in [1.82, 2.24) is 29.9 Å². The van der Waals surface area contributed by atoms with Crippen molar-refractivity contribution < 1.29 is 4.79 Å². The maximum absolute atomic E-state index is 11.7. The summed E-state index contributed by atoms with van der Waals surface area (Å²) in [6.07, 6.45) is 9.99. The number of nitrogens with zero attached hydrogens (tertiary/aromatic N) is 7. The lowest BCUT2D eigenvalue weighted by atomic mass is 9.97. The zero-order valence-corrected chi connectivity index (χ0v) is 35.0. The Balaban J connectivity index is 0.000000164. The zero-order valence-electron chi connectivity index (χ0n) is 35.0. The van der Waals surface area contributed by atoms with Crippen LogP contribution in [0.1, 0.15) is 27.3 Å². The molecule has 1 amide bonds. The van der Waals surface area contributed by atoms with Crippen molar-refractivity contribution in [2.24, 2.45) is 5.73 Å². The zero-order chi connectivity index (χ0) is 44.4. The van der Waals surface area contributed by atoms with Gasteiger partial charge in [-0.2, -0.15) is 5.26 Å². The van der Waals surface area contributed by atoms with Gasteiger partial charge in [0.05, 0.1) is 47.0 Å². The van der Waals surface area contributed by atoms with Gasteiger partial charge in [0.25, 0.3) is 0 Å². The van der Waals surface area contributed by atoms with E-state index in [2.05, 4.69) is 91.2 Å². The van der Waals surface area contributed by atoms with Crippen LogP contribution in [-0.4, -0.2) is 35.8 Å². The summed E-state index contributed by atoms with van der Waals surface area (Å²) in [6.45, 7) is 1.07.